The quantitative estimate of drug-likeness (QED) is 0.770. The van der Waals surface area contributed by atoms with Gasteiger partial charge in [-0.2, -0.15) is 4.72 Å². The number of benzene rings is 2. The largest absolute Gasteiger partial charge is 0.325 e. The molecule has 0 aliphatic heterocycles. The van der Waals surface area contributed by atoms with Crippen molar-refractivity contribution in [2.75, 3.05) is 5.32 Å². The van der Waals surface area contributed by atoms with E-state index in [4.69, 9.17) is 0 Å². The summed E-state index contributed by atoms with van der Waals surface area (Å²) in [5.74, 6) is -1.21. The third-order valence-electron chi connectivity index (χ3n) is 3.41. The highest BCUT2D eigenvalue weighted by Gasteiger charge is 2.22. The van der Waals surface area contributed by atoms with Gasteiger partial charge in [0.15, 0.2) is 5.78 Å². The predicted molar refractivity (Wildman–Crippen MR) is 91.3 cm³/mol. The number of Topliss-reactive ketones (excluding diaryl/α,β-unsaturated/α-hetero) is 1. The summed E-state index contributed by atoms with van der Waals surface area (Å²) >= 11 is 0. The second kappa shape index (κ2) is 7.54. The Kier molecular flexibility index (Phi) is 5.66. The molecule has 0 aromatic heterocycles. The Bertz CT molecular complexity index is 878. The number of anilines is 1. The standard InChI is InChI=1S/C17H17FN2O4S/c1-11(17(22)19-15-7-5-14(18)6-8-15)20-25(23,24)16-9-3-13(4-10-16)12(2)21/h3-11,20H,1-2H3,(H,19,22)/t11-/m0/s1. The highest BCUT2D eigenvalue weighted by Crippen LogP contribution is 2.13. The molecule has 8 heteroatoms. The van der Waals surface area contributed by atoms with Crippen molar-refractivity contribution >= 4 is 27.4 Å². The Labute approximate surface area is 145 Å². The zero-order valence-electron chi connectivity index (χ0n) is 13.6. The minimum Gasteiger partial charge on any atom is -0.325 e. The molecule has 25 heavy (non-hydrogen) atoms. The van der Waals surface area contributed by atoms with E-state index in [0.717, 1.165) is 0 Å². The van der Waals surface area contributed by atoms with Crippen LogP contribution >= 0.6 is 0 Å². The van der Waals surface area contributed by atoms with Crippen molar-refractivity contribution < 1.29 is 22.4 Å². The van der Waals surface area contributed by atoms with Crippen molar-refractivity contribution in [1.82, 2.24) is 4.72 Å². The number of hydrogen-bond donors (Lipinski definition) is 2. The topological polar surface area (TPSA) is 92.3 Å². The van der Waals surface area contributed by atoms with Gasteiger partial charge in [0.25, 0.3) is 0 Å². The first kappa shape index (κ1) is 18.8. The van der Waals surface area contributed by atoms with Crippen LogP contribution in [0.2, 0.25) is 0 Å². The van der Waals surface area contributed by atoms with Gasteiger partial charge >= 0.3 is 0 Å². The molecule has 2 rings (SSSR count). The summed E-state index contributed by atoms with van der Waals surface area (Å²) in [4.78, 5) is 23.2. The van der Waals surface area contributed by atoms with E-state index < -0.39 is 27.8 Å². The number of sulfonamides is 1. The Hall–Kier alpha value is -2.58. The summed E-state index contributed by atoms with van der Waals surface area (Å²) in [6.07, 6.45) is 0. The Morgan fingerprint density at radius 2 is 1.56 bits per heavy atom. The number of nitrogens with one attached hydrogen (secondary N) is 2. The van der Waals surface area contributed by atoms with Gasteiger partial charge in [-0.15, -0.1) is 0 Å². The maximum Gasteiger partial charge on any atom is 0.242 e. The van der Waals surface area contributed by atoms with Crippen molar-refractivity contribution in [3.63, 3.8) is 0 Å². The Morgan fingerprint density at radius 3 is 2.08 bits per heavy atom. The first-order chi connectivity index (χ1) is 11.7. The lowest BCUT2D eigenvalue weighted by molar-refractivity contribution is -0.117. The maximum atomic E-state index is 12.8. The van der Waals surface area contributed by atoms with Gasteiger partial charge in [-0.1, -0.05) is 12.1 Å². The molecule has 2 aromatic rings. The van der Waals surface area contributed by atoms with E-state index in [0.29, 0.717) is 11.3 Å². The predicted octanol–water partition coefficient (Wildman–Crippen LogP) is 2.33. The number of halogens is 1. The minimum atomic E-state index is -3.93. The molecular weight excluding hydrogens is 347 g/mol. The monoisotopic (exact) mass is 364 g/mol. The highest BCUT2D eigenvalue weighted by molar-refractivity contribution is 7.89. The van der Waals surface area contributed by atoms with Crippen molar-refractivity contribution in [3.8, 4) is 0 Å². The first-order valence-electron chi connectivity index (χ1n) is 7.39. The number of carbonyl (C=O) groups excluding carboxylic acids is 2. The number of hydrogen-bond acceptors (Lipinski definition) is 4. The third-order valence-corrected chi connectivity index (χ3v) is 4.96. The lowest BCUT2D eigenvalue weighted by Gasteiger charge is -2.14. The zero-order chi connectivity index (χ0) is 18.6. The molecular formula is C17H17FN2O4S. The smallest absolute Gasteiger partial charge is 0.242 e. The van der Waals surface area contributed by atoms with Gasteiger partial charge in [0.1, 0.15) is 5.82 Å². The zero-order valence-corrected chi connectivity index (χ0v) is 14.4. The number of rotatable bonds is 6. The molecule has 0 unspecified atom stereocenters. The molecule has 0 fully saturated rings. The normalized spacial score (nSPS) is 12.4. The molecule has 0 heterocycles. The molecule has 2 aromatic carbocycles. The molecule has 1 amide bonds. The second-order valence-corrected chi connectivity index (χ2v) is 7.13. The van der Waals surface area contributed by atoms with Crippen molar-refractivity contribution in [1.29, 1.82) is 0 Å². The van der Waals surface area contributed by atoms with Crippen molar-refractivity contribution in [2.24, 2.45) is 0 Å². The fraction of sp³-hybridized carbons (Fsp3) is 0.176. The van der Waals surface area contributed by atoms with Gasteiger partial charge < -0.3 is 5.32 Å². The molecule has 0 aliphatic carbocycles. The van der Waals surface area contributed by atoms with E-state index >= 15 is 0 Å². The van der Waals surface area contributed by atoms with Crippen LogP contribution in [0.3, 0.4) is 0 Å². The van der Waals surface area contributed by atoms with Crippen molar-refractivity contribution in [2.45, 2.75) is 24.8 Å². The highest BCUT2D eigenvalue weighted by atomic mass is 32.2. The van der Waals surface area contributed by atoms with Crippen LogP contribution < -0.4 is 10.0 Å². The molecule has 0 saturated heterocycles. The fourth-order valence-corrected chi connectivity index (χ4v) is 3.21. The van der Waals surface area contributed by atoms with E-state index in [1.54, 1.807) is 0 Å². The summed E-state index contributed by atoms with van der Waals surface area (Å²) < 4.78 is 39.7. The summed E-state index contributed by atoms with van der Waals surface area (Å²) in [5.41, 5.74) is 0.740. The molecule has 0 aliphatic rings. The van der Waals surface area contributed by atoms with Gasteiger partial charge in [-0.25, -0.2) is 12.8 Å². The van der Waals surface area contributed by atoms with Crippen LogP contribution in [0.25, 0.3) is 0 Å². The van der Waals surface area contributed by atoms with Crippen LogP contribution in [0, 0.1) is 5.82 Å². The minimum absolute atomic E-state index is 0.0565. The summed E-state index contributed by atoms with van der Waals surface area (Å²) in [7, 11) is -3.93. The van der Waals surface area contributed by atoms with Crippen LogP contribution in [-0.4, -0.2) is 26.2 Å². The van der Waals surface area contributed by atoms with Crippen LogP contribution in [0.5, 0.6) is 0 Å². The first-order valence-corrected chi connectivity index (χ1v) is 8.87. The average molecular weight is 364 g/mol. The van der Waals surface area contributed by atoms with Crippen LogP contribution in [0.15, 0.2) is 53.4 Å². The molecule has 2 N–H and O–H groups in total. The Balaban J connectivity index is 2.06. The van der Waals surface area contributed by atoms with Crippen molar-refractivity contribution in [3.05, 3.63) is 59.9 Å². The van der Waals surface area contributed by atoms with E-state index in [9.17, 15) is 22.4 Å². The van der Waals surface area contributed by atoms with Gasteiger partial charge in [-0.05, 0) is 50.2 Å². The lowest BCUT2D eigenvalue weighted by Crippen LogP contribution is -2.41. The lowest BCUT2D eigenvalue weighted by atomic mass is 10.2. The second-order valence-electron chi connectivity index (χ2n) is 5.42. The molecule has 132 valence electrons. The van der Waals surface area contributed by atoms with Gasteiger partial charge in [0, 0.05) is 11.3 Å². The van der Waals surface area contributed by atoms with E-state index in [-0.39, 0.29) is 10.7 Å². The summed E-state index contributed by atoms with van der Waals surface area (Å²) in [5, 5.41) is 2.49. The van der Waals surface area contributed by atoms with Gasteiger partial charge in [0.2, 0.25) is 15.9 Å². The van der Waals surface area contributed by atoms with Gasteiger partial charge in [-0.3, -0.25) is 9.59 Å². The molecule has 6 nitrogen and oxygen atoms in total. The van der Waals surface area contributed by atoms with Crippen LogP contribution in [-0.2, 0) is 14.8 Å². The Morgan fingerprint density at radius 1 is 1.00 bits per heavy atom. The third kappa shape index (κ3) is 4.94. The number of ketones is 1. The average Bonchev–Trinajstić information content (AvgIpc) is 2.56. The summed E-state index contributed by atoms with van der Waals surface area (Å²) in [6.45, 7) is 2.77. The number of carbonyl (C=O) groups is 2. The molecule has 1 atom stereocenters. The number of amides is 1. The van der Waals surface area contributed by atoms with Crippen LogP contribution in [0.4, 0.5) is 10.1 Å². The molecule has 0 radical (unpaired) electrons. The maximum absolute atomic E-state index is 12.8. The van der Waals surface area contributed by atoms with Gasteiger partial charge in [0.05, 0.1) is 10.9 Å². The fourth-order valence-electron chi connectivity index (χ4n) is 2.01. The molecule has 0 saturated carbocycles. The van der Waals surface area contributed by atoms with Crippen LogP contribution in [0.1, 0.15) is 24.2 Å². The van der Waals surface area contributed by atoms with E-state index in [1.165, 1.54) is 62.4 Å². The van der Waals surface area contributed by atoms with E-state index in [2.05, 4.69) is 10.0 Å². The van der Waals surface area contributed by atoms with E-state index in [1.807, 2.05) is 0 Å². The SMILES string of the molecule is CC(=O)c1ccc(S(=O)(=O)N[C@@H](C)C(=O)Nc2ccc(F)cc2)cc1. The molecule has 0 spiro atoms. The molecule has 0 bridgehead atoms. The summed E-state index contributed by atoms with van der Waals surface area (Å²) in [6, 6.07) is 9.45.